The van der Waals surface area contributed by atoms with Gasteiger partial charge in [-0.1, -0.05) is 0 Å². The Hall–Kier alpha value is -3.67. The molecule has 3 rings (SSSR count). The molecule has 2 aromatic carbocycles. The van der Waals surface area contributed by atoms with Gasteiger partial charge in [-0.05, 0) is 19.1 Å². The third-order valence-corrected chi connectivity index (χ3v) is 6.58. The van der Waals surface area contributed by atoms with Crippen molar-refractivity contribution in [2.75, 3.05) is 50.0 Å². The maximum Gasteiger partial charge on any atom is 0.340 e. The number of esters is 1. The Kier molecular flexibility index (Phi) is 7.16. The highest BCUT2D eigenvalue weighted by molar-refractivity contribution is 7.92. The maximum absolute atomic E-state index is 12.9. The molecule has 0 aliphatic carbocycles. The largest absolute Gasteiger partial charge is 0.493 e. The quantitative estimate of drug-likeness (QED) is 0.536. The van der Waals surface area contributed by atoms with Crippen LogP contribution in [0.5, 0.6) is 23.0 Å². The first-order chi connectivity index (χ1) is 15.7. The molecule has 0 radical (unpaired) electrons. The number of hydrogen-bond donors (Lipinski definition) is 1. The number of carbonyl (C=O) groups is 2. The Labute approximate surface area is 191 Å². The van der Waals surface area contributed by atoms with Gasteiger partial charge in [0.25, 0.3) is 0 Å². The molecule has 0 bridgehead atoms. The summed E-state index contributed by atoms with van der Waals surface area (Å²) in [5.41, 5.74) is 0.317. The van der Waals surface area contributed by atoms with Crippen molar-refractivity contribution in [2.24, 2.45) is 0 Å². The summed E-state index contributed by atoms with van der Waals surface area (Å²) in [5, 5.41) is 2.56. The summed E-state index contributed by atoms with van der Waals surface area (Å²) in [6.07, 6.45) is 0. The van der Waals surface area contributed by atoms with Gasteiger partial charge in [0.15, 0.2) is 23.0 Å². The van der Waals surface area contributed by atoms with Gasteiger partial charge in [0.05, 0.1) is 44.0 Å². The molecule has 1 heterocycles. The van der Waals surface area contributed by atoms with Crippen molar-refractivity contribution in [3.63, 3.8) is 0 Å². The van der Waals surface area contributed by atoms with Crippen LogP contribution >= 0.6 is 0 Å². The van der Waals surface area contributed by atoms with E-state index in [1.165, 1.54) is 52.5 Å². The molecule has 2 aromatic rings. The number of sulfonamides is 1. The van der Waals surface area contributed by atoms with Gasteiger partial charge < -0.3 is 29.0 Å². The van der Waals surface area contributed by atoms with Gasteiger partial charge in [-0.2, -0.15) is 0 Å². The van der Waals surface area contributed by atoms with Gasteiger partial charge in [-0.15, -0.1) is 0 Å². The Morgan fingerprint density at radius 1 is 1.03 bits per heavy atom. The van der Waals surface area contributed by atoms with Crippen LogP contribution in [0.4, 0.5) is 11.4 Å². The monoisotopic (exact) mass is 480 g/mol. The Morgan fingerprint density at radius 2 is 1.70 bits per heavy atom. The topological polar surface area (TPSA) is 130 Å². The lowest BCUT2D eigenvalue weighted by atomic mass is 10.1. The van der Waals surface area contributed by atoms with Crippen molar-refractivity contribution >= 4 is 33.3 Å². The van der Waals surface area contributed by atoms with Gasteiger partial charge >= 0.3 is 5.97 Å². The van der Waals surface area contributed by atoms with E-state index in [2.05, 4.69) is 5.32 Å². The molecular weight excluding hydrogens is 456 g/mol. The molecule has 0 saturated heterocycles. The summed E-state index contributed by atoms with van der Waals surface area (Å²) in [6.45, 7) is 0.942. The predicted molar refractivity (Wildman–Crippen MR) is 119 cm³/mol. The van der Waals surface area contributed by atoms with Crippen LogP contribution in [0, 0.1) is 0 Å². The van der Waals surface area contributed by atoms with E-state index in [0.29, 0.717) is 11.5 Å². The minimum atomic E-state index is -3.83. The molecule has 1 aliphatic heterocycles. The third kappa shape index (κ3) is 5.06. The molecule has 178 valence electrons. The molecule has 0 unspecified atom stereocenters. The van der Waals surface area contributed by atoms with Crippen LogP contribution in [-0.2, 0) is 19.6 Å². The zero-order chi connectivity index (χ0) is 24.2. The van der Waals surface area contributed by atoms with Gasteiger partial charge in [0.1, 0.15) is 6.54 Å². The van der Waals surface area contributed by atoms with Crippen LogP contribution in [-0.4, -0.2) is 60.7 Å². The summed E-state index contributed by atoms with van der Waals surface area (Å²) in [6, 6.07) is 7.32. The maximum atomic E-state index is 12.9. The summed E-state index contributed by atoms with van der Waals surface area (Å²) < 4.78 is 52.3. The van der Waals surface area contributed by atoms with E-state index in [0.717, 1.165) is 4.31 Å². The second kappa shape index (κ2) is 9.86. The number of nitrogens with one attached hydrogen (secondary N) is 1. The second-order valence-corrected chi connectivity index (χ2v) is 8.92. The minimum Gasteiger partial charge on any atom is -0.493 e. The fraction of sp³-hybridized carbons (Fsp3) is 0.333. The molecule has 0 fully saturated rings. The molecular formula is C21H24N2O9S. The molecule has 11 nitrogen and oxygen atoms in total. The molecule has 1 amide bonds. The van der Waals surface area contributed by atoms with E-state index in [-0.39, 0.29) is 41.0 Å². The van der Waals surface area contributed by atoms with Crippen molar-refractivity contribution in [1.82, 2.24) is 0 Å². The van der Waals surface area contributed by atoms with E-state index in [1.807, 2.05) is 0 Å². The number of ether oxygens (including phenoxy) is 5. The highest BCUT2D eigenvalue weighted by Gasteiger charge is 2.27. The number of carbonyl (C=O) groups excluding carboxylic acids is 2. The highest BCUT2D eigenvalue weighted by Crippen LogP contribution is 2.37. The summed E-state index contributed by atoms with van der Waals surface area (Å²) in [4.78, 5) is 25.2. The molecule has 1 N–H and O–H groups in total. The van der Waals surface area contributed by atoms with Crippen molar-refractivity contribution in [1.29, 1.82) is 0 Å². The zero-order valence-corrected chi connectivity index (χ0v) is 19.4. The Bertz CT molecular complexity index is 1160. The van der Waals surface area contributed by atoms with Crippen LogP contribution in [0.15, 0.2) is 30.3 Å². The standard InChI is InChI=1S/C21H24N2O9S/c1-5-33(26,27)23(13-6-7-16-19(8-13)32-12-31-16)11-20(24)22-15-10-18(29-3)17(28-2)9-14(15)21(25)30-4/h6-10H,5,11-12H2,1-4H3,(H,22,24). The first-order valence-electron chi connectivity index (χ1n) is 9.78. The number of fused-ring (bicyclic) bond motifs is 1. The summed E-state index contributed by atoms with van der Waals surface area (Å²) in [7, 11) is 0.159. The lowest BCUT2D eigenvalue weighted by Crippen LogP contribution is -2.39. The number of amides is 1. The van der Waals surface area contributed by atoms with Crippen molar-refractivity contribution < 1.29 is 41.7 Å². The van der Waals surface area contributed by atoms with E-state index >= 15 is 0 Å². The third-order valence-electron chi connectivity index (χ3n) is 4.84. The number of nitrogens with zero attached hydrogens (tertiary/aromatic N) is 1. The normalized spacial score (nSPS) is 12.1. The zero-order valence-electron chi connectivity index (χ0n) is 18.5. The molecule has 12 heteroatoms. The fourth-order valence-electron chi connectivity index (χ4n) is 3.13. The smallest absolute Gasteiger partial charge is 0.340 e. The number of benzene rings is 2. The van der Waals surface area contributed by atoms with Crippen molar-refractivity contribution in [3.05, 3.63) is 35.9 Å². The molecule has 1 aliphatic rings. The first kappa shape index (κ1) is 24.0. The number of hydrogen-bond acceptors (Lipinski definition) is 9. The van der Waals surface area contributed by atoms with Crippen LogP contribution in [0.25, 0.3) is 0 Å². The van der Waals surface area contributed by atoms with E-state index in [9.17, 15) is 18.0 Å². The SMILES string of the molecule is CCS(=O)(=O)N(CC(=O)Nc1cc(OC)c(OC)cc1C(=O)OC)c1ccc2c(c1)OCO2. The second-order valence-electron chi connectivity index (χ2n) is 6.74. The first-order valence-corrected chi connectivity index (χ1v) is 11.4. The predicted octanol–water partition coefficient (Wildman–Crippen LogP) is 2.01. The molecule has 0 atom stereocenters. The van der Waals surface area contributed by atoms with Gasteiger partial charge in [0, 0.05) is 18.2 Å². The van der Waals surface area contributed by atoms with Crippen molar-refractivity contribution in [3.8, 4) is 23.0 Å². The van der Waals surface area contributed by atoms with Gasteiger partial charge in [-0.25, -0.2) is 13.2 Å². The van der Waals surface area contributed by atoms with Gasteiger partial charge in [0.2, 0.25) is 22.7 Å². The number of rotatable bonds is 9. The number of methoxy groups -OCH3 is 3. The lowest BCUT2D eigenvalue weighted by Gasteiger charge is -2.24. The Balaban J connectivity index is 1.93. The van der Waals surface area contributed by atoms with E-state index < -0.39 is 28.4 Å². The van der Waals surface area contributed by atoms with Crippen LogP contribution in [0.1, 0.15) is 17.3 Å². The Morgan fingerprint density at radius 3 is 2.33 bits per heavy atom. The van der Waals surface area contributed by atoms with Crippen molar-refractivity contribution in [2.45, 2.75) is 6.92 Å². The van der Waals surface area contributed by atoms with Crippen LogP contribution < -0.4 is 28.6 Å². The lowest BCUT2D eigenvalue weighted by molar-refractivity contribution is -0.114. The molecule has 33 heavy (non-hydrogen) atoms. The minimum absolute atomic E-state index is 0.0106. The molecule has 0 aromatic heterocycles. The van der Waals surface area contributed by atoms with Gasteiger partial charge in [-0.3, -0.25) is 9.10 Å². The number of anilines is 2. The molecule has 0 spiro atoms. The van der Waals surface area contributed by atoms with Crippen LogP contribution in [0.2, 0.25) is 0 Å². The van der Waals surface area contributed by atoms with Crippen LogP contribution in [0.3, 0.4) is 0 Å². The molecule has 0 saturated carbocycles. The average Bonchev–Trinajstić information content (AvgIpc) is 3.29. The summed E-state index contributed by atoms with van der Waals surface area (Å²) in [5.74, 6) is -0.289. The van der Waals surface area contributed by atoms with E-state index in [1.54, 1.807) is 6.07 Å². The van der Waals surface area contributed by atoms with E-state index in [4.69, 9.17) is 23.7 Å². The summed E-state index contributed by atoms with van der Waals surface area (Å²) >= 11 is 0. The fourth-order valence-corrected chi connectivity index (χ4v) is 4.19. The highest BCUT2D eigenvalue weighted by atomic mass is 32.2. The average molecular weight is 480 g/mol.